The Morgan fingerprint density at radius 3 is 2.52 bits per heavy atom. The lowest BCUT2D eigenvalue weighted by atomic mass is 10.4. The first-order valence-corrected chi connectivity index (χ1v) is 9.45. The Kier molecular flexibility index (Phi) is 4.12. The lowest BCUT2D eigenvalue weighted by Crippen LogP contribution is -2.32. The van der Waals surface area contributed by atoms with Crippen molar-refractivity contribution in [2.75, 3.05) is 13.1 Å². The fraction of sp³-hybridized carbons (Fsp3) is 0.733. The average molecular weight is 311 g/mol. The third kappa shape index (κ3) is 3.03. The smallest absolute Gasteiger partial charge is 0.244 e. The highest BCUT2D eigenvalue weighted by atomic mass is 32.2. The molecule has 2 saturated carbocycles. The van der Waals surface area contributed by atoms with Crippen LogP contribution in [0.3, 0.4) is 0 Å². The SMILES string of the molecule is CCNCc1cc(S(=O)(=O)N(CC)C2CC2)cn1C1CC1. The normalized spacial score (nSPS) is 19.4. The van der Waals surface area contributed by atoms with E-state index in [9.17, 15) is 8.42 Å². The van der Waals surface area contributed by atoms with Gasteiger partial charge in [0.25, 0.3) is 0 Å². The summed E-state index contributed by atoms with van der Waals surface area (Å²) in [6.07, 6.45) is 6.17. The van der Waals surface area contributed by atoms with Crippen molar-refractivity contribution in [1.29, 1.82) is 0 Å². The van der Waals surface area contributed by atoms with Crippen LogP contribution in [0, 0.1) is 0 Å². The van der Waals surface area contributed by atoms with Gasteiger partial charge >= 0.3 is 0 Å². The van der Waals surface area contributed by atoms with E-state index in [0.29, 0.717) is 17.5 Å². The van der Waals surface area contributed by atoms with Crippen LogP contribution in [0.15, 0.2) is 17.2 Å². The molecule has 0 spiro atoms. The zero-order valence-corrected chi connectivity index (χ0v) is 13.7. The van der Waals surface area contributed by atoms with Gasteiger partial charge in [0.05, 0.1) is 0 Å². The fourth-order valence-corrected chi connectivity index (χ4v) is 4.59. The van der Waals surface area contributed by atoms with E-state index >= 15 is 0 Å². The van der Waals surface area contributed by atoms with Crippen molar-refractivity contribution >= 4 is 10.0 Å². The summed E-state index contributed by atoms with van der Waals surface area (Å²) in [5, 5.41) is 3.30. The Hall–Kier alpha value is -0.850. The second kappa shape index (κ2) is 5.74. The Bertz CT molecular complexity index is 600. The van der Waals surface area contributed by atoms with Gasteiger partial charge in [-0.15, -0.1) is 0 Å². The molecule has 0 amide bonds. The molecule has 0 aliphatic heterocycles. The van der Waals surface area contributed by atoms with Crippen molar-refractivity contribution in [1.82, 2.24) is 14.2 Å². The molecular formula is C15H25N3O2S. The summed E-state index contributed by atoms with van der Waals surface area (Å²) >= 11 is 0. The number of hydrogen-bond donors (Lipinski definition) is 1. The van der Waals surface area contributed by atoms with Gasteiger partial charge < -0.3 is 9.88 Å². The van der Waals surface area contributed by atoms with Crippen molar-refractivity contribution in [2.45, 2.75) is 63.1 Å². The minimum absolute atomic E-state index is 0.224. The summed E-state index contributed by atoms with van der Waals surface area (Å²) in [6, 6.07) is 2.58. The number of nitrogens with zero attached hydrogens (tertiary/aromatic N) is 2. The second-order valence-electron chi connectivity index (χ2n) is 6.03. The van der Waals surface area contributed by atoms with Gasteiger partial charge in [0, 0.05) is 37.1 Å². The molecule has 2 fully saturated rings. The molecule has 0 radical (unpaired) electrons. The van der Waals surface area contributed by atoms with Gasteiger partial charge in [0.2, 0.25) is 10.0 Å². The average Bonchev–Trinajstić information content (AvgIpc) is 3.36. The van der Waals surface area contributed by atoms with Gasteiger partial charge in [-0.2, -0.15) is 4.31 Å². The van der Waals surface area contributed by atoms with E-state index in [4.69, 9.17) is 0 Å². The van der Waals surface area contributed by atoms with Crippen LogP contribution in [0.4, 0.5) is 0 Å². The maximum atomic E-state index is 12.8. The quantitative estimate of drug-likeness (QED) is 0.800. The largest absolute Gasteiger partial charge is 0.346 e. The number of sulfonamides is 1. The Morgan fingerprint density at radius 2 is 2.00 bits per heavy atom. The van der Waals surface area contributed by atoms with E-state index in [1.807, 2.05) is 19.2 Å². The van der Waals surface area contributed by atoms with Crippen LogP contribution in [-0.2, 0) is 16.6 Å². The van der Waals surface area contributed by atoms with Crippen molar-refractivity contribution in [3.8, 4) is 0 Å². The van der Waals surface area contributed by atoms with Gasteiger partial charge in [0.1, 0.15) is 4.90 Å². The molecule has 1 aromatic rings. The van der Waals surface area contributed by atoms with Crippen molar-refractivity contribution in [3.63, 3.8) is 0 Å². The monoisotopic (exact) mass is 311 g/mol. The second-order valence-corrected chi connectivity index (χ2v) is 7.92. The summed E-state index contributed by atoms with van der Waals surface area (Å²) in [6.45, 7) is 6.17. The van der Waals surface area contributed by atoms with Crippen LogP contribution in [0.5, 0.6) is 0 Å². The summed E-state index contributed by atoms with van der Waals surface area (Å²) in [4.78, 5) is 0.469. The Morgan fingerprint density at radius 1 is 1.29 bits per heavy atom. The van der Waals surface area contributed by atoms with E-state index in [-0.39, 0.29) is 6.04 Å². The van der Waals surface area contributed by atoms with Crippen LogP contribution in [-0.4, -0.2) is 36.4 Å². The standard InChI is InChI=1S/C15H25N3O2S/c1-3-16-10-14-9-15(11-17(14)12-5-6-12)21(19,20)18(4-2)13-7-8-13/h9,11-13,16H,3-8,10H2,1-2H3. The highest BCUT2D eigenvalue weighted by molar-refractivity contribution is 7.89. The zero-order chi connectivity index (χ0) is 15.0. The minimum Gasteiger partial charge on any atom is -0.346 e. The molecule has 5 nitrogen and oxygen atoms in total. The number of nitrogens with one attached hydrogen (secondary N) is 1. The van der Waals surface area contributed by atoms with E-state index in [2.05, 4.69) is 16.8 Å². The maximum absolute atomic E-state index is 12.8. The molecule has 118 valence electrons. The van der Waals surface area contributed by atoms with E-state index in [1.54, 1.807) is 4.31 Å². The summed E-state index contributed by atoms with van der Waals surface area (Å²) < 4.78 is 29.5. The summed E-state index contributed by atoms with van der Waals surface area (Å²) in [5.74, 6) is 0. The number of aromatic nitrogens is 1. The lowest BCUT2D eigenvalue weighted by molar-refractivity contribution is 0.421. The molecular weight excluding hydrogens is 286 g/mol. The predicted octanol–water partition coefficient (Wildman–Crippen LogP) is 2.11. The van der Waals surface area contributed by atoms with Crippen LogP contribution in [0.25, 0.3) is 0 Å². The Labute approximate surface area is 127 Å². The van der Waals surface area contributed by atoms with E-state index < -0.39 is 10.0 Å². The molecule has 0 unspecified atom stereocenters. The first-order valence-electron chi connectivity index (χ1n) is 8.01. The summed E-state index contributed by atoms with van der Waals surface area (Å²) in [5.41, 5.74) is 1.09. The molecule has 1 aromatic heterocycles. The first kappa shape index (κ1) is 15.1. The molecule has 1 N–H and O–H groups in total. The van der Waals surface area contributed by atoms with Crippen molar-refractivity contribution in [2.24, 2.45) is 0 Å². The highest BCUT2D eigenvalue weighted by Crippen LogP contribution is 2.38. The van der Waals surface area contributed by atoms with Crippen LogP contribution < -0.4 is 5.32 Å². The molecule has 2 aliphatic carbocycles. The zero-order valence-electron chi connectivity index (χ0n) is 12.9. The molecule has 3 rings (SSSR count). The van der Waals surface area contributed by atoms with Crippen LogP contribution in [0.1, 0.15) is 51.3 Å². The van der Waals surface area contributed by atoms with E-state index in [0.717, 1.165) is 44.5 Å². The molecule has 0 bridgehead atoms. The van der Waals surface area contributed by atoms with Gasteiger partial charge in [-0.3, -0.25) is 0 Å². The molecule has 0 aromatic carbocycles. The minimum atomic E-state index is -3.34. The molecule has 21 heavy (non-hydrogen) atoms. The first-order chi connectivity index (χ1) is 10.1. The molecule has 2 aliphatic rings. The topological polar surface area (TPSA) is 54.3 Å². The van der Waals surface area contributed by atoms with Gasteiger partial charge in [0.15, 0.2) is 0 Å². The number of rotatable bonds is 8. The van der Waals surface area contributed by atoms with Gasteiger partial charge in [-0.05, 0) is 38.3 Å². The third-order valence-corrected chi connectivity index (χ3v) is 6.27. The Balaban J connectivity index is 1.90. The van der Waals surface area contributed by atoms with Crippen molar-refractivity contribution < 1.29 is 8.42 Å². The van der Waals surface area contributed by atoms with Crippen LogP contribution >= 0.6 is 0 Å². The van der Waals surface area contributed by atoms with Gasteiger partial charge in [-0.1, -0.05) is 13.8 Å². The van der Waals surface area contributed by atoms with Crippen molar-refractivity contribution in [3.05, 3.63) is 18.0 Å². The lowest BCUT2D eigenvalue weighted by Gasteiger charge is -2.18. The van der Waals surface area contributed by atoms with Crippen LogP contribution in [0.2, 0.25) is 0 Å². The molecule has 1 heterocycles. The highest BCUT2D eigenvalue weighted by Gasteiger charge is 2.38. The molecule has 0 saturated heterocycles. The maximum Gasteiger partial charge on any atom is 0.244 e. The summed E-state index contributed by atoms with van der Waals surface area (Å²) in [7, 11) is -3.34. The number of hydrogen-bond acceptors (Lipinski definition) is 3. The fourth-order valence-electron chi connectivity index (χ4n) is 2.85. The van der Waals surface area contributed by atoms with Gasteiger partial charge in [-0.25, -0.2) is 8.42 Å². The third-order valence-electron chi connectivity index (χ3n) is 4.28. The molecule has 0 atom stereocenters. The van der Waals surface area contributed by atoms with E-state index in [1.165, 1.54) is 0 Å². The predicted molar refractivity (Wildman–Crippen MR) is 82.7 cm³/mol. The molecule has 6 heteroatoms.